The Labute approximate surface area is 149 Å². The topological polar surface area (TPSA) is 102 Å². The molecule has 4 atom stereocenters. The molecular weight excluding hydrogens is 340 g/mol. The van der Waals surface area contributed by atoms with E-state index in [0.717, 1.165) is 0 Å². The highest BCUT2D eigenvalue weighted by molar-refractivity contribution is 5.90. The summed E-state index contributed by atoms with van der Waals surface area (Å²) < 4.78 is 15.6. The number of rotatable bonds is 5. The van der Waals surface area contributed by atoms with E-state index in [1.54, 1.807) is 60.7 Å². The Balaban J connectivity index is 1.63. The van der Waals surface area contributed by atoms with Crippen LogP contribution in [0.1, 0.15) is 20.7 Å². The van der Waals surface area contributed by atoms with E-state index < -0.39 is 36.5 Å². The summed E-state index contributed by atoms with van der Waals surface area (Å²) in [6.45, 7) is -0.283. The summed E-state index contributed by atoms with van der Waals surface area (Å²) in [5.41, 5.74) is 0.644. The third-order valence-electron chi connectivity index (χ3n) is 3.95. The maximum atomic E-state index is 12.2. The number of carbonyl (C=O) groups is 2. The van der Waals surface area contributed by atoms with Crippen molar-refractivity contribution in [3.05, 3.63) is 71.8 Å². The van der Waals surface area contributed by atoms with Gasteiger partial charge in [0.1, 0.15) is 18.8 Å². The summed E-state index contributed by atoms with van der Waals surface area (Å²) in [6.07, 6.45) is -5.13. The van der Waals surface area contributed by atoms with Crippen molar-refractivity contribution in [2.75, 3.05) is 6.61 Å². The monoisotopic (exact) mass is 358 g/mol. The van der Waals surface area contributed by atoms with Gasteiger partial charge in [-0.15, -0.1) is 0 Å². The van der Waals surface area contributed by atoms with Gasteiger partial charge in [-0.1, -0.05) is 36.4 Å². The molecule has 1 unspecified atom stereocenters. The van der Waals surface area contributed by atoms with Crippen LogP contribution in [0.25, 0.3) is 0 Å². The van der Waals surface area contributed by atoms with Gasteiger partial charge in [-0.3, -0.25) is 0 Å². The molecule has 0 saturated carbocycles. The summed E-state index contributed by atoms with van der Waals surface area (Å²) in [5, 5.41) is 19.7. The van der Waals surface area contributed by atoms with Gasteiger partial charge < -0.3 is 24.4 Å². The van der Waals surface area contributed by atoms with Crippen molar-refractivity contribution in [2.24, 2.45) is 0 Å². The third kappa shape index (κ3) is 4.08. The van der Waals surface area contributed by atoms with Crippen LogP contribution in [0, 0.1) is 0 Å². The first kappa shape index (κ1) is 18.1. The first-order chi connectivity index (χ1) is 12.6. The van der Waals surface area contributed by atoms with Crippen molar-refractivity contribution in [3.8, 4) is 0 Å². The lowest BCUT2D eigenvalue weighted by Crippen LogP contribution is -2.39. The van der Waals surface area contributed by atoms with Crippen LogP contribution in [0.5, 0.6) is 0 Å². The fourth-order valence-electron chi connectivity index (χ4n) is 2.58. The summed E-state index contributed by atoms with van der Waals surface area (Å²) in [5.74, 6) is -1.26. The number of aliphatic hydroxyl groups excluding tert-OH is 2. The van der Waals surface area contributed by atoms with Crippen molar-refractivity contribution in [1.29, 1.82) is 0 Å². The fraction of sp³-hybridized carbons (Fsp3) is 0.263. The van der Waals surface area contributed by atoms with Gasteiger partial charge in [0.05, 0.1) is 11.1 Å². The van der Waals surface area contributed by atoms with Crippen LogP contribution in [-0.4, -0.2) is 53.4 Å². The van der Waals surface area contributed by atoms with E-state index in [4.69, 9.17) is 14.2 Å². The average Bonchev–Trinajstić information content (AvgIpc) is 2.95. The minimum Gasteiger partial charge on any atom is -0.459 e. The van der Waals surface area contributed by atoms with E-state index in [-0.39, 0.29) is 6.61 Å². The molecule has 1 aliphatic heterocycles. The molecule has 1 saturated heterocycles. The molecule has 0 amide bonds. The zero-order chi connectivity index (χ0) is 18.5. The highest BCUT2D eigenvalue weighted by Crippen LogP contribution is 2.24. The first-order valence-corrected chi connectivity index (χ1v) is 8.06. The first-order valence-electron chi connectivity index (χ1n) is 8.06. The Hall–Kier alpha value is -2.74. The minimum atomic E-state index is -1.54. The third-order valence-corrected chi connectivity index (χ3v) is 3.95. The summed E-state index contributed by atoms with van der Waals surface area (Å²) in [7, 11) is 0. The van der Waals surface area contributed by atoms with Gasteiger partial charge >= 0.3 is 11.9 Å². The van der Waals surface area contributed by atoms with Crippen molar-refractivity contribution in [3.63, 3.8) is 0 Å². The Bertz CT molecular complexity index is 747. The van der Waals surface area contributed by atoms with Crippen molar-refractivity contribution in [1.82, 2.24) is 0 Å². The molecule has 1 aliphatic rings. The Morgan fingerprint density at radius 3 is 2.00 bits per heavy atom. The lowest BCUT2D eigenvalue weighted by atomic mass is 10.1. The lowest BCUT2D eigenvalue weighted by Gasteiger charge is -2.20. The largest absolute Gasteiger partial charge is 0.459 e. The maximum Gasteiger partial charge on any atom is 0.338 e. The number of esters is 2. The van der Waals surface area contributed by atoms with Crippen LogP contribution in [0.4, 0.5) is 0 Å². The van der Waals surface area contributed by atoms with Gasteiger partial charge in [-0.2, -0.15) is 0 Å². The van der Waals surface area contributed by atoms with Gasteiger partial charge in [0.25, 0.3) is 0 Å². The van der Waals surface area contributed by atoms with Crippen LogP contribution in [0.15, 0.2) is 60.7 Å². The summed E-state index contributed by atoms with van der Waals surface area (Å²) >= 11 is 0. The van der Waals surface area contributed by atoms with E-state index in [1.807, 2.05) is 0 Å². The fourth-order valence-corrected chi connectivity index (χ4v) is 2.58. The molecule has 0 spiro atoms. The SMILES string of the molecule is O=C(OC[C@H]1OC(O)[C@H](O)[C@@H]1OC(=O)c1ccccc1)c1ccccc1. The van der Waals surface area contributed by atoms with Gasteiger partial charge in [0.15, 0.2) is 12.4 Å². The number of aliphatic hydroxyl groups is 2. The zero-order valence-electron chi connectivity index (χ0n) is 13.7. The molecule has 0 bridgehead atoms. The lowest BCUT2D eigenvalue weighted by molar-refractivity contribution is -0.133. The van der Waals surface area contributed by atoms with Gasteiger partial charge in [-0.25, -0.2) is 9.59 Å². The molecule has 2 N–H and O–H groups in total. The van der Waals surface area contributed by atoms with E-state index in [9.17, 15) is 19.8 Å². The van der Waals surface area contributed by atoms with Gasteiger partial charge in [0.2, 0.25) is 0 Å². The molecule has 26 heavy (non-hydrogen) atoms. The van der Waals surface area contributed by atoms with Crippen LogP contribution in [0.3, 0.4) is 0 Å². The van der Waals surface area contributed by atoms with Crippen molar-refractivity contribution in [2.45, 2.75) is 24.6 Å². The number of benzene rings is 2. The molecule has 136 valence electrons. The van der Waals surface area contributed by atoms with Crippen molar-refractivity contribution >= 4 is 11.9 Å². The van der Waals surface area contributed by atoms with Crippen molar-refractivity contribution < 1.29 is 34.0 Å². The number of hydrogen-bond donors (Lipinski definition) is 2. The average molecular weight is 358 g/mol. The van der Waals surface area contributed by atoms with Crippen LogP contribution in [0.2, 0.25) is 0 Å². The summed E-state index contributed by atoms with van der Waals surface area (Å²) in [6, 6.07) is 16.6. The van der Waals surface area contributed by atoms with Gasteiger partial charge in [-0.05, 0) is 24.3 Å². The maximum absolute atomic E-state index is 12.2. The Morgan fingerprint density at radius 2 is 1.42 bits per heavy atom. The van der Waals surface area contributed by atoms with E-state index >= 15 is 0 Å². The predicted molar refractivity (Wildman–Crippen MR) is 89.3 cm³/mol. The Kier molecular flexibility index (Phi) is 5.62. The smallest absolute Gasteiger partial charge is 0.338 e. The van der Waals surface area contributed by atoms with Crippen LogP contribution >= 0.6 is 0 Å². The second-order valence-electron chi connectivity index (χ2n) is 5.76. The predicted octanol–water partition coefficient (Wildman–Crippen LogP) is 1.15. The second-order valence-corrected chi connectivity index (χ2v) is 5.76. The molecule has 2 aromatic carbocycles. The molecule has 0 aliphatic carbocycles. The number of carbonyl (C=O) groups excluding carboxylic acids is 2. The zero-order valence-corrected chi connectivity index (χ0v) is 13.7. The normalized spacial score (nSPS) is 24.8. The van der Waals surface area contributed by atoms with E-state index in [0.29, 0.717) is 11.1 Å². The Morgan fingerprint density at radius 1 is 0.885 bits per heavy atom. The molecule has 1 fully saturated rings. The molecule has 7 heteroatoms. The van der Waals surface area contributed by atoms with Crippen LogP contribution < -0.4 is 0 Å². The molecule has 0 aromatic heterocycles. The van der Waals surface area contributed by atoms with E-state index in [2.05, 4.69) is 0 Å². The number of ether oxygens (including phenoxy) is 3. The molecule has 0 radical (unpaired) electrons. The van der Waals surface area contributed by atoms with E-state index in [1.165, 1.54) is 0 Å². The quantitative estimate of drug-likeness (QED) is 0.773. The molecular formula is C19H18O7. The molecule has 1 heterocycles. The molecule has 2 aromatic rings. The molecule has 7 nitrogen and oxygen atoms in total. The second kappa shape index (κ2) is 8.09. The standard InChI is InChI=1S/C19H18O7/c20-15-16(26-18(22)13-9-5-2-6-10-13)14(25-19(15)23)11-24-17(21)12-7-3-1-4-8-12/h1-10,14-16,19-20,23H,11H2/t14-,15-,16-,19?/m1/s1. The highest BCUT2D eigenvalue weighted by atomic mass is 16.7. The van der Waals surface area contributed by atoms with Crippen LogP contribution in [-0.2, 0) is 14.2 Å². The number of hydrogen-bond acceptors (Lipinski definition) is 7. The molecule has 3 rings (SSSR count). The summed E-state index contributed by atoms with van der Waals surface area (Å²) in [4.78, 5) is 24.2. The minimum absolute atomic E-state index is 0.283. The van der Waals surface area contributed by atoms with Gasteiger partial charge in [0, 0.05) is 0 Å². The highest BCUT2D eigenvalue weighted by Gasteiger charge is 2.46.